The van der Waals surface area contributed by atoms with Crippen LogP contribution in [0.25, 0.3) is 0 Å². The van der Waals surface area contributed by atoms with E-state index in [1.807, 2.05) is 67.6 Å². The number of hydrogen-bond donors (Lipinski definition) is 1. The van der Waals surface area contributed by atoms with Gasteiger partial charge in [-0.3, -0.25) is 9.59 Å². The fraction of sp³-hybridized carbons (Fsp3) is 0.231. The Bertz CT molecular complexity index is 1050. The summed E-state index contributed by atoms with van der Waals surface area (Å²) in [6.07, 6.45) is 1.29. The maximum absolute atomic E-state index is 13.1. The van der Waals surface area contributed by atoms with Crippen molar-refractivity contribution < 1.29 is 9.59 Å². The molecule has 4 rings (SSSR count). The number of amides is 2. The highest BCUT2D eigenvalue weighted by atomic mass is 16.2. The Labute approximate surface area is 177 Å². The zero-order chi connectivity index (χ0) is 20.9. The van der Waals surface area contributed by atoms with Gasteiger partial charge >= 0.3 is 0 Å². The molecule has 1 aliphatic heterocycles. The SMILES string of the molecule is Cc1cccc(CNC(=O)C2CCN(c3ccccc3Cc3ccccc3)C2=O)c1. The number of benzene rings is 3. The van der Waals surface area contributed by atoms with Crippen LogP contribution in [0.1, 0.15) is 28.7 Å². The summed E-state index contributed by atoms with van der Waals surface area (Å²) in [5.41, 5.74) is 5.39. The summed E-state index contributed by atoms with van der Waals surface area (Å²) >= 11 is 0. The van der Waals surface area contributed by atoms with Crippen LogP contribution in [-0.2, 0) is 22.6 Å². The summed E-state index contributed by atoms with van der Waals surface area (Å²) in [6, 6.07) is 26.2. The smallest absolute Gasteiger partial charge is 0.239 e. The van der Waals surface area contributed by atoms with Gasteiger partial charge in [0.1, 0.15) is 5.92 Å². The largest absolute Gasteiger partial charge is 0.351 e. The predicted octanol–water partition coefficient (Wildman–Crippen LogP) is 4.26. The predicted molar refractivity (Wildman–Crippen MR) is 119 cm³/mol. The highest BCUT2D eigenvalue weighted by Crippen LogP contribution is 2.30. The molecule has 0 spiro atoms. The second-order valence-electron chi connectivity index (χ2n) is 7.83. The molecule has 1 atom stereocenters. The molecule has 1 fully saturated rings. The van der Waals surface area contributed by atoms with E-state index in [2.05, 4.69) is 23.5 Å². The number of hydrogen-bond acceptors (Lipinski definition) is 2. The first kappa shape index (κ1) is 19.9. The van der Waals surface area contributed by atoms with Crippen LogP contribution >= 0.6 is 0 Å². The van der Waals surface area contributed by atoms with Gasteiger partial charge in [-0.15, -0.1) is 0 Å². The lowest BCUT2D eigenvalue weighted by Gasteiger charge is -2.20. The van der Waals surface area contributed by atoms with Crippen LogP contribution < -0.4 is 10.2 Å². The standard InChI is InChI=1S/C26H26N2O2/c1-19-8-7-11-21(16-19)18-27-25(29)23-14-15-28(26(23)30)24-13-6-5-12-22(24)17-20-9-3-2-4-10-20/h2-13,16,23H,14-15,17-18H2,1H3,(H,27,29). The molecular weight excluding hydrogens is 372 g/mol. The molecule has 1 heterocycles. The molecule has 0 aliphatic carbocycles. The summed E-state index contributed by atoms with van der Waals surface area (Å²) in [5.74, 6) is -0.929. The zero-order valence-corrected chi connectivity index (χ0v) is 17.2. The summed E-state index contributed by atoms with van der Waals surface area (Å²) in [6.45, 7) is 3.03. The van der Waals surface area contributed by atoms with Gasteiger partial charge in [0, 0.05) is 18.8 Å². The van der Waals surface area contributed by atoms with Gasteiger partial charge < -0.3 is 10.2 Å². The average molecular weight is 399 g/mol. The Hall–Kier alpha value is -3.40. The molecule has 3 aromatic carbocycles. The molecule has 3 aromatic rings. The maximum Gasteiger partial charge on any atom is 0.239 e. The quantitative estimate of drug-likeness (QED) is 0.631. The van der Waals surface area contributed by atoms with E-state index in [0.29, 0.717) is 19.5 Å². The lowest BCUT2D eigenvalue weighted by molar-refractivity contribution is -0.132. The molecule has 0 bridgehead atoms. The second kappa shape index (κ2) is 8.95. The Balaban J connectivity index is 1.45. The summed E-state index contributed by atoms with van der Waals surface area (Å²) in [7, 11) is 0. The highest BCUT2D eigenvalue weighted by molar-refractivity contribution is 6.09. The fourth-order valence-electron chi connectivity index (χ4n) is 4.04. The topological polar surface area (TPSA) is 49.4 Å². The van der Waals surface area contributed by atoms with E-state index < -0.39 is 5.92 Å². The molecule has 152 valence electrons. The molecule has 1 aliphatic rings. The van der Waals surface area contributed by atoms with Crippen molar-refractivity contribution in [2.24, 2.45) is 5.92 Å². The normalized spacial score (nSPS) is 16.0. The van der Waals surface area contributed by atoms with Crippen LogP contribution in [0.4, 0.5) is 5.69 Å². The van der Waals surface area contributed by atoms with E-state index in [1.54, 1.807) is 4.90 Å². The second-order valence-corrected chi connectivity index (χ2v) is 7.83. The van der Waals surface area contributed by atoms with Crippen LogP contribution in [-0.4, -0.2) is 18.4 Å². The van der Waals surface area contributed by atoms with Gasteiger partial charge in [0.05, 0.1) is 0 Å². The molecule has 4 nitrogen and oxygen atoms in total. The Morgan fingerprint density at radius 1 is 0.967 bits per heavy atom. The van der Waals surface area contributed by atoms with Gasteiger partial charge in [0.2, 0.25) is 11.8 Å². The number of nitrogens with one attached hydrogen (secondary N) is 1. The summed E-state index contributed by atoms with van der Waals surface area (Å²) < 4.78 is 0. The summed E-state index contributed by atoms with van der Waals surface area (Å²) in [5, 5.41) is 2.94. The van der Waals surface area contributed by atoms with E-state index in [9.17, 15) is 9.59 Å². The van der Waals surface area contributed by atoms with E-state index in [-0.39, 0.29) is 11.8 Å². The molecule has 0 aromatic heterocycles. The molecule has 2 amide bonds. The van der Waals surface area contributed by atoms with Gasteiger partial charge in [-0.25, -0.2) is 0 Å². The van der Waals surface area contributed by atoms with Crippen molar-refractivity contribution in [3.63, 3.8) is 0 Å². The third-order valence-corrected chi connectivity index (χ3v) is 5.59. The number of anilines is 1. The van der Waals surface area contributed by atoms with Gasteiger partial charge in [-0.05, 0) is 42.5 Å². The molecule has 1 saturated heterocycles. The Morgan fingerprint density at radius 3 is 2.50 bits per heavy atom. The third kappa shape index (κ3) is 4.43. The minimum atomic E-state index is -0.625. The van der Waals surface area contributed by atoms with Crippen molar-refractivity contribution in [3.8, 4) is 0 Å². The molecule has 4 heteroatoms. The monoisotopic (exact) mass is 398 g/mol. The minimum Gasteiger partial charge on any atom is -0.351 e. The molecule has 30 heavy (non-hydrogen) atoms. The van der Waals surface area contributed by atoms with Crippen molar-refractivity contribution in [3.05, 3.63) is 101 Å². The van der Waals surface area contributed by atoms with Crippen molar-refractivity contribution in [2.75, 3.05) is 11.4 Å². The van der Waals surface area contributed by atoms with Gasteiger partial charge in [-0.1, -0.05) is 78.4 Å². The Morgan fingerprint density at radius 2 is 1.70 bits per heavy atom. The zero-order valence-electron chi connectivity index (χ0n) is 17.2. The number of rotatable bonds is 6. The molecule has 1 N–H and O–H groups in total. The van der Waals surface area contributed by atoms with E-state index in [0.717, 1.165) is 28.8 Å². The van der Waals surface area contributed by atoms with Crippen LogP contribution in [0.15, 0.2) is 78.9 Å². The van der Waals surface area contributed by atoms with Gasteiger partial charge in [0.15, 0.2) is 0 Å². The van der Waals surface area contributed by atoms with E-state index in [1.165, 1.54) is 5.56 Å². The minimum absolute atomic E-state index is 0.114. The number of carbonyl (C=O) groups excluding carboxylic acids is 2. The number of carbonyl (C=O) groups is 2. The van der Waals surface area contributed by atoms with Crippen molar-refractivity contribution in [2.45, 2.75) is 26.3 Å². The lowest BCUT2D eigenvalue weighted by Crippen LogP contribution is -2.36. The fourth-order valence-corrected chi connectivity index (χ4v) is 4.04. The van der Waals surface area contributed by atoms with Crippen molar-refractivity contribution >= 4 is 17.5 Å². The van der Waals surface area contributed by atoms with Gasteiger partial charge in [-0.2, -0.15) is 0 Å². The van der Waals surface area contributed by atoms with Gasteiger partial charge in [0.25, 0.3) is 0 Å². The van der Waals surface area contributed by atoms with Crippen molar-refractivity contribution in [1.29, 1.82) is 0 Å². The average Bonchev–Trinajstić information content (AvgIpc) is 3.14. The van der Waals surface area contributed by atoms with Crippen LogP contribution in [0, 0.1) is 12.8 Å². The number of para-hydroxylation sites is 1. The number of aryl methyl sites for hydroxylation is 1. The van der Waals surface area contributed by atoms with Crippen LogP contribution in [0.3, 0.4) is 0 Å². The lowest BCUT2D eigenvalue weighted by atomic mass is 10.0. The van der Waals surface area contributed by atoms with Crippen LogP contribution in [0.5, 0.6) is 0 Å². The maximum atomic E-state index is 13.1. The molecule has 0 saturated carbocycles. The number of nitrogens with zero attached hydrogens (tertiary/aromatic N) is 1. The molecule has 1 unspecified atom stereocenters. The van der Waals surface area contributed by atoms with Crippen LogP contribution in [0.2, 0.25) is 0 Å². The van der Waals surface area contributed by atoms with E-state index in [4.69, 9.17) is 0 Å². The van der Waals surface area contributed by atoms with E-state index >= 15 is 0 Å². The Kier molecular flexibility index (Phi) is 5.94. The highest BCUT2D eigenvalue weighted by Gasteiger charge is 2.38. The third-order valence-electron chi connectivity index (χ3n) is 5.59. The summed E-state index contributed by atoms with van der Waals surface area (Å²) in [4.78, 5) is 27.6. The first-order chi connectivity index (χ1) is 14.6. The first-order valence-electron chi connectivity index (χ1n) is 10.4. The molecular formula is C26H26N2O2. The van der Waals surface area contributed by atoms with Crippen molar-refractivity contribution in [1.82, 2.24) is 5.32 Å². The first-order valence-corrected chi connectivity index (χ1v) is 10.4. The molecule has 0 radical (unpaired) electrons.